The molecule has 2 aromatic rings. The highest BCUT2D eigenvalue weighted by atomic mass is 16.5. The Kier molecular flexibility index (Phi) is 14.2. The van der Waals surface area contributed by atoms with Crippen molar-refractivity contribution < 1.29 is 14.6 Å². The van der Waals surface area contributed by atoms with Crippen LogP contribution in [0.25, 0.3) is 11.2 Å². The topological polar surface area (TPSA) is 136 Å². The molecule has 0 amide bonds. The smallest absolute Gasteiger partial charge is 0.306 e. The lowest BCUT2D eigenvalue weighted by Crippen LogP contribution is -2.25. The number of nitrogen functional groups attached to an aromatic ring is 1. The number of esters is 1. The van der Waals surface area contributed by atoms with Crippen molar-refractivity contribution in [3.05, 3.63) is 102 Å². The van der Waals surface area contributed by atoms with Crippen LogP contribution in [0.5, 0.6) is 0 Å². The van der Waals surface area contributed by atoms with E-state index in [0.29, 0.717) is 24.1 Å². The van der Waals surface area contributed by atoms with E-state index in [4.69, 9.17) is 10.5 Å². The zero-order valence-electron chi connectivity index (χ0n) is 25.1. The summed E-state index contributed by atoms with van der Waals surface area (Å²) in [6.45, 7) is 6.07. The molecular formula is C34H45N5O4. The SMILES string of the molecule is C=C1C(CO)C(OC(=O)CCC=CCC=CCC=CCC=CCC=CCC=CCC)CC1n1cnc2c(=O)[nH]c(N)nc21. The molecule has 1 aliphatic rings. The van der Waals surface area contributed by atoms with Crippen LogP contribution in [0.2, 0.25) is 0 Å². The van der Waals surface area contributed by atoms with Crippen molar-refractivity contribution in [2.24, 2.45) is 5.92 Å². The molecular weight excluding hydrogens is 542 g/mol. The summed E-state index contributed by atoms with van der Waals surface area (Å²) in [4.78, 5) is 35.5. The van der Waals surface area contributed by atoms with Crippen molar-refractivity contribution in [1.29, 1.82) is 0 Å². The fourth-order valence-electron chi connectivity index (χ4n) is 4.92. The summed E-state index contributed by atoms with van der Waals surface area (Å²) in [5.41, 5.74) is 6.47. The number of aliphatic hydroxyl groups is 1. The predicted octanol–water partition coefficient (Wildman–Crippen LogP) is 6.20. The number of aromatic amines is 1. The number of hydrogen-bond acceptors (Lipinski definition) is 7. The molecule has 2 heterocycles. The van der Waals surface area contributed by atoms with Crippen molar-refractivity contribution in [2.75, 3.05) is 12.3 Å². The van der Waals surface area contributed by atoms with Gasteiger partial charge in [-0.15, -0.1) is 0 Å². The number of H-pyrrole nitrogens is 1. The Bertz CT molecular complexity index is 1430. The second-order valence-electron chi connectivity index (χ2n) is 10.4. The van der Waals surface area contributed by atoms with Crippen LogP contribution in [0.3, 0.4) is 0 Å². The summed E-state index contributed by atoms with van der Waals surface area (Å²) in [6.07, 6.45) is 33.6. The van der Waals surface area contributed by atoms with Crippen molar-refractivity contribution in [3.63, 3.8) is 0 Å². The molecule has 2 aromatic heterocycles. The summed E-state index contributed by atoms with van der Waals surface area (Å²) in [5, 5.41) is 9.99. The minimum Gasteiger partial charge on any atom is -0.462 e. The normalized spacial score (nSPS) is 19.7. The number of imidazole rings is 1. The van der Waals surface area contributed by atoms with Gasteiger partial charge in [-0.3, -0.25) is 14.6 Å². The molecule has 0 aromatic carbocycles. The van der Waals surface area contributed by atoms with E-state index in [0.717, 1.165) is 38.5 Å². The number of nitrogens with zero attached hydrogens (tertiary/aromatic N) is 3. The minimum absolute atomic E-state index is 0.0149. The maximum atomic E-state index is 12.6. The van der Waals surface area contributed by atoms with Gasteiger partial charge in [0.1, 0.15) is 6.10 Å². The Morgan fingerprint density at radius 2 is 1.58 bits per heavy atom. The van der Waals surface area contributed by atoms with E-state index in [1.165, 1.54) is 6.33 Å². The minimum atomic E-state index is -0.530. The van der Waals surface area contributed by atoms with Gasteiger partial charge in [-0.2, -0.15) is 4.98 Å². The number of aromatic nitrogens is 4. The lowest BCUT2D eigenvalue weighted by molar-refractivity contribution is -0.151. The third-order valence-corrected chi connectivity index (χ3v) is 7.19. The number of hydrogen-bond donors (Lipinski definition) is 3. The van der Waals surface area contributed by atoms with Crippen molar-refractivity contribution >= 4 is 23.1 Å². The first-order valence-electron chi connectivity index (χ1n) is 15.1. The quantitative estimate of drug-likeness (QED) is 0.148. The maximum absolute atomic E-state index is 12.6. The van der Waals surface area contributed by atoms with E-state index in [9.17, 15) is 14.7 Å². The molecule has 9 nitrogen and oxygen atoms in total. The highest BCUT2D eigenvalue weighted by Crippen LogP contribution is 2.41. The fraction of sp³-hybridized carbons (Fsp3) is 0.412. The second-order valence-corrected chi connectivity index (χ2v) is 10.4. The van der Waals surface area contributed by atoms with Gasteiger partial charge in [0.25, 0.3) is 5.56 Å². The number of anilines is 1. The fourth-order valence-corrected chi connectivity index (χ4v) is 4.92. The highest BCUT2D eigenvalue weighted by molar-refractivity contribution is 5.71. The lowest BCUT2D eigenvalue weighted by Gasteiger charge is -2.18. The molecule has 0 spiro atoms. The zero-order chi connectivity index (χ0) is 30.9. The molecule has 9 heteroatoms. The number of allylic oxidation sites excluding steroid dienone is 12. The van der Waals surface area contributed by atoms with Crippen molar-refractivity contribution in [2.45, 2.75) is 76.9 Å². The lowest BCUT2D eigenvalue weighted by atomic mass is 10.0. The van der Waals surface area contributed by atoms with Crippen LogP contribution < -0.4 is 11.3 Å². The molecule has 1 saturated carbocycles. The molecule has 43 heavy (non-hydrogen) atoms. The number of nitrogens with one attached hydrogen (secondary N) is 1. The van der Waals surface area contributed by atoms with Crippen LogP contribution in [-0.2, 0) is 9.53 Å². The van der Waals surface area contributed by atoms with Gasteiger partial charge in [-0.05, 0) is 50.5 Å². The average molecular weight is 588 g/mol. The number of carbonyl (C=O) groups is 1. The third kappa shape index (κ3) is 10.5. The summed E-state index contributed by atoms with van der Waals surface area (Å²) < 4.78 is 7.44. The van der Waals surface area contributed by atoms with E-state index in [2.05, 4.69) is 89.2 Å². The summed E-state index contributed by atoms with van der Waals surface area (Å²) in [5.74, 6) is -0.763. The van der Waals surface area contributed by atoms with Gasteiger partial charge in [0.2, 0.25) is 5.95 Å². The van der Waals surface area contributed by atoms with E-state index >= 15 is 0 Å². The van der Waals surface area contributed by atoms with Gasteiger partial charge < -0.3 is 20.1 Å². The first-order valence-corrected chi connectivity index (χ1v) is 15.1. The van der Waals surface area contributed by atoms with Gasteiger partial charge >= 0.3 is 5.97 Å². The Hall–Kier alpha value is -4.24. The third-order valence-electron chi connectivity index (χ3n) is 7.19. The van der Waals surface area contributed by atoms with Crippen molar-refractivity contribution in [1.82, 2.24) is 19.5 Å². The number of ether oxygens (including phenoxy) is 1. The Morgan fingerprint density at radius 1 is 1.02 bits per heavy atom. The molecule has 0 saturated heterocycles. The molecule has 3 atom stereocenters. The van der Waals surface area contributed by atoms with Crippen LogP contribution in [0.4, 0.5) is 5.95 Å². The van der Waals surface area contributed by atoms with Crippen LogP contribution in [0.1, 0.15) is 70.8 Å². The first-order chi connectivity index (χ1) is 21.0. The van der Waals surface area contributed by atoms with Crippen LogP contribution in [0, 0.1) is 5.92 Å². The highest BCUT2D eigenvalue weighted by Gasteiger charge is 2.41. The number of fused-ring (bicyclic) bond motifs is 1. The van der Waals surface area contributed by atoms with Crippen molar-refractivity contribution in [3.8, 4) is 0 Å². The molecule has 0 radical (unpaired) electrons. The van der Waals surface area contributed by atoms with E-state index in [-0.39, 0.29) is 36.5 Å². The maximum Gasteiger partial charge on any atom is 0.306 e. The molecule has 3 rings (SSSR count). The Labute approximate surface area is 254 Å². The number of nitrogens with two attached hydrogens (primary N) is 1. The van der Waals surface area contributed by atoms with E-state index < -0.39 is 17.6 Å². The molecule has 0 aliphatic heterocycles. The van der Waals surface area contributed by atoms with E-state index in [1.54, 1.807) is 4.57 Å². The molecule has 0 bridgehead atoms. The van der Waals surface area contributed by atoms with Crippen LogP contribution in [-0.4, -0.2) is 43.3 Å². The average Bonchev–Trinajstić information content (AvgIpc) is 3.54. The number of carbonyl (C=O) groups excluding carboxylic acids is 1. The summed E-state index contributed by atoms with van der Waals surface area (Å²) in [6, 6.07) is -0.336. The van der Waals surface area contributed by atoms with E-state index in [1.807, 2.05) is 12.2 Å². The number of rotatable bonds is 17. The molecule has 1 aliphatic carbocycles. The molecule has 3 unspecified atom stereocenters. The van der Waals surface area contributed by atoms with Gasteiger partial charge in [0.05, 0.1) is 19.0 Å². The Morgan fingerprint density at radius 3 is 2.14 bits per heavy atom. The van der Waals surface area contributed by atoms with Crippen LogP contribution >= 0.6 is 0 Å². The molecule has 4 N–H and O–H groups in total. The summed E-state index contributed by atoms with van der Waals surface area (Å²) >= 11 is 0. The standard InChI is InChI=1S/C34H45N5O4/c1-3-4-5-6-7-8-9-10-11-12-13-14-15-16-17-18-19-20-21-22-30(41)43-29-23-28(26(2)27(29)24-40)39-25-36-31-32(39)37-34(35)38-33(31)42/h4-5,7-8,10-11,13-14,16-17,19-20,25,27-29,40H,2-3,6,9,12,15,18,21-24H2,1H3,(H3,35,37,38,42). The number of aliphatic hydroxyl groups excluding tert-OH is 1. The molecule has 230 valence electrons. The van der Waals surface area contributed by atoms with Gasteiger partial charge in [-0.25, -0.2) is 4.98 Å². The monoisotopic (exact) mass is 587 g/mol. The molecule has 1 fully saturated rings. The second kappa shape index (κ2) is 18.3. The Balaban J connectivity index is 1.33. The summed E-state index contributed by atoms with van der Waals surface area (Å²) in [7, 11) is 0. The van der Waals surface area contributed by atoms with Gasteiger partial charge in [0.15, 0.2) is 11.2 Å². The van der Waals surface area contributed by atoms with Gasteiger partial charge in [0, 0.05) is 18.8 Å². The van der Waals surface area contributed by atoms with Crippen LogP contribution in [0.15, 0.2) is 96.2 Å². The predicted molar refractivity (Wildman–Crippen MR) is 173 cm³/mol. The largest absolute Gasteiger partial charge is 0.462 e. The zero-order valence-corrected chi connectivity index (χ0v) is 25.1. The van der Waals surface area contributed by atoms with Gasteiger partial charge in [-0.1, -0.05) is 86.4 Å². The first kappa shape index (κ1) is 33.3.